The summed E-state index contributed by atoms with van der Waals surface area (Å²) in [6.45, 7) is 2.51. The van der Waals surface area contributed by atoms with Crippen molar-refractivity contribution in [3.05, 3.63) is 42.2 Å². The van der Waals surface area contributed by atoms with Crippen LogP contribution in [0.25, 0.3) is 0 Å². The normalized spacial score (nSPS) is 25.7. The van der Waals surface area contributed by atoms with Crippen LogP contribution in [0.2, 0.25) is 0 Å². The molecule has 4 unspecified atom stereocenters. The molecule has 7 N–H and O–H groups in total. The lowest BCUT2D eigenvalue weighted by atomic mass is 9.98. The maximum Gasteiger partial charge on any atom is 0.306 e. The smallest absolute Gasteiger partial charge is 0.306 e. The van der Waals surface area contributed by atoms with Gasteiger partial charge in [-0.1, -0.05) is 134 Å². The van der Waals surface area contributed by atoms with Crippen LogP contribution in [0.3, 0.4) is 0 Å². The first-order valence-electron chi connectivity index (χ1n) is 26.3. The molecule has 2 rings (SSSR count). The molecule has 15 heteroatoms. The molecule has 68 heavy (non-hydrogen) atoms. The maximum atomic E-state index is 13.0. The number of hydrogen-bond donors (Lipinski definition) is 7. The number of unbranched alkanes of at least 4 members (excludes halogenated alkanes) is 20. The highest BCUT2D eigenvalue weighted by molar-refractivity contribution is 5.70. The highest BCUT2D eigenvalue weighted by Gasteiger charge is 2.47. The Morgan fingerprint density at radius 2 is 0.985 bits per heavy atom. The predicted octanol–water partition coefficient (Wildman–Crippen LogP) is 7.48. The third-order valence-electron chi connectivity index (χ3n) is 12.4. The molecular formula is C53H92O15. The van der Waals surface area contributed by atoms with Crippen LogP contribution in [0.1, 0.15) is 187 Å². The predicted molar refractivity (Wildman–Crippen MR) is 260 cm³/mol. The monoisotopic (exact) mass is 969 g/mol. The van der Waals surface area contributed by atoms with Gasteiger partial charge in [-0.15, -0.1) is 5.73 Å². The van der Waals surface area contributed by atoms with Crippen molar-refractivity contribution >= 4 is 11.9 Å². The number of ether oxygens (including phenoxy) is 6. The lowest BCUT2D eigenvalue weighted by molar-refractivity contribution is -0.332. The van der Waals surface area contributed by atoms with E-state index in [4.69, 9.17) is 28.4 Å². The Morgan fingerprint density at radius 1 is 0.515 bits per heavy atom. The van der Waals surface area contributed by atoms with Crippen LogP contribution >= 0.6 is 0 Å². The lowest BCUT2D eigenvalue weighted by Crippen LogP contribution is -2.61. The van der Waals surface area contributed by atoms with Gasteiger partial charge < -0.3 is 64.2 Å². The molecule has 15 nitrogen and oxygen atoms in total. The molecule has 2 heterocycles. The van der Waals surface area contributed by atoms with Gasteiger partial charge in [-0.2, -0.15) is 0 Å². The quantitative estimate of drug-likeness (QED) is 0.0137. The second-order valence-corrected chi connectivity index (χ2v) is 18.4. The van der Waals surface area contributed by atoms with E-state index in [1.54, 1.807) is 0 Å². The number of aliphatic hydroxyl groups excluding tert-OH is 7. The van der Waals surface area contributed by atoms with E-state index in [9.17, 15) is 45.3 Å². The molecule has 0 aromatic carbocycles. The van der Waals surface area contributed by atoms with Crippen molar-refractivity contribution < 1.29 is 73.8 Å². The number of allylic oxidation sites excluding steroid dienone is 5. The second-order valence-electron chi connectivity index (χ2n) is 18.4. The fourth-order valence-electron chi connectivity index (χ4n) is 8.00. The van der Waals surface area contributed by atoms with Crippen LogP contribution in [0.4, 0.5) is 0 Å². The fourth-order valence-corrected chi connectivity index (χ4v) is 8.00. The molecule has 0 spiro atoms. The third-order valence-corrected chi connectivity index (χ3v) is 12.4. The van der Waals surface area contributed by atoms with Gasteiger partial charge in [-0.05, 0) is 76.4 Å². The summed E-state index contributed by atoms with van der Waals surface area (Å²) < 4.78 is 33.5. The van der Waals surface area contributed by atoms with Crippen LogP contribution in [-0.4, -0.2) is 142 Å². The van der Waals surface area contributed by atoms with Gasteiger partial charge in [0.2, 0.25) is 0 Å². The Morgan fingerprint density at radius 3 is 1.56 bits per heavy atom. The van der Waals surface area contributed by atoms with Gasteiger partial charge >= 0.3 is 11.9 Å². The zero-order valence-corrected chi connectivity index (χ0v) is 41.6. The molecule has 0 amide bonds. The fraction of sp³-hybridized carbons (Fsp3) is 0.830. The van der Waals surface area contributed by atoms with Crippen molar-refractivity contribution in [1.29, 1.82) is 0 Å². The highest BCUT2D eigenvalue weighted by atomic mass is 16.7. The molecule has 2 aliphatic rings. The summed E-state index contributed by atoms with van der Waals surface area (Å²) in [5.74, 6) is -0.998. The Hall–Kier alpha value is -2.50. The van der Waals surface area contributed by atoms with Crippen LogP contribution < -0.4 is 0 Å². The van der Waals surface area contributed by atoms with E-state index in [0.717, 1.165) is 51.4 Å². The molecule has 2 aliphatic heterocycles. The average Bonchev–Trinajstić information content (AvgIpc) is 3.33. The number of hydrogen-bond acceptors (Lipinski definition) is 15. The number of rotatable bonds is 40. The molecule has 0 aromatic rings. The first-order valence-corrected chi connectivity index (χ1v) is 26.3. The van der Waals surface area contributed by atoms with Gasteiger partial charge in [0.25, 0.3) is 0 Å². The van der Waals surface area contributed by atoms with Gasteiger partial charge in [0.05, 0.1) is 19.8 Å². The molecule has 0 bridgehead atoms. The standard InChI is InChI=1S/C53H92O15/c1-3-5-7-9-11-13-15-17-19-20-22-24-26-28-30-32-34-36-45(56)66-41(38-63-44(55)35-33-31-29-27-25-23-21-18-16-14-12-10-8-6-4-2)39-64-52-51(62)49(60)47(58)43(68-52)40-65-53-50(61)48(59)46(57)42(37-54)67-53/h16,21-22,24,28,30,41-43,46-54,57-62H,3-15,17,19-20,23,25-27,29,31-40H2,1-2H3/b24-22+,30-28+/t18?,41-,42+,43+,46-,47-,48?,49?,50?,51?,52+,53+/m1/s1. The van der Waals surface area contributed by atoms with Crippen molar-refractivity contribution in [2.24, 2.45) is 0 Å². The first-order chi connectivity index (χ1) is 33.0. The van der Waals surface area contributed by atoms with Crippen LogP contribution in [-0.2, 0) is 38.0 Å². The van der Waals surface area contributed by atoms with Gasteiger partial charge in [0.15, 0.2) is 18.7 Å². The molecule has 0 saturated carbocycles. The largest absolute Gasteiger partial charge is 0.462 e. The minimum atomic E-state index is -1.78. The minimum Gasteiger partial charge on any atom is -0.462 e. The molecular weight excluding hydrogens is 877 g/mol. The molecule has 2 fully saturated rings. The van der Waals surface area contributed by atoms with Gasteiger partial charge in [-0.3, -0.25) is 9.59 Å². The number of aliphatic hydroxyl groups is 7. The van der Waals surface area contributed by atoms with Crippen LogP contribution in [0.15, 0.2) is 42.2 Å². The van der Waals surface area contributed by atoms with Crippen molar-refractivity contribution in [1.82, 2.24) is 0 Å². The van der Waals surface area contributed by atoms with Gasteiger partial charge in [0, 0.05) is 12.8 Å². The van der Waals surface area contributed by atoms with E-state index in [-0.39, 0.29) is 19.4 Å². The van der Waals surface area contributed by atoms with E-state index in [1.807, 2.05) is 6.08 Å². The van der Waals surface area contributed by atoms with Crippen molar-refractivity contribution in [3.63, 3.8) is 0 Å². The van der Waals surface area contributed by atoms with Crippen molar-refractivity contribution in [2.45, 2.75) is 255 Å². The van der Waals surface area contributed by atoms with E-state index in [0.29, 0.717) is 19.3 Å². The molecule has 394 valence electrons. The summed E-state index contributed by atoms with van der Waals surface area (Å²) in [7, 11) is 0. The molecule has 0 aliphatic carbocycles. The SMILES string of the molecule is CCCCCCCC=C=CCCCCCCCC(=O)OC[C@H](CO[C@H]1O[C@@H](CO[C@H]2O[C@@H](CO)[C@@H](O)C(O)C2O)[C@@H](O)C(O)C1O)OC(=O)CCC/C=C/C/C=C/CCCCCCCCCCC. The lowest BCUT2D eigenvalue weighted by Gasteiger charge is -2.42. The van der Waals surface area contributed by atoms with Crippen molar-refractivity contribution in [3.8, 4) is 0 Å². The molecule has 2 saturated heterocycles. The number of carbonyl (C=O) groups is 2. The van der Waals surface area contributed by atoms with E-state index in [2.05, 4.69) is 50.0 Å². The maximum absolute atomic E-state index is 13.0. The minimum absolute atomic E-state index is 0.0965. The number of carbonyl (C=O) groups excluding carboxylic acids is 2. The molecule has 0 aromatic heterocycles. The van der Waals surface area contributed by atoms with Crippen molar-refractivity contribution in [2.75, 3.05) is 26.4 Å². The average molecular weight is 969 g/mol. The summed E-state index contributed by atoms with van der Waals surface area (Å²) in [6, 6.07) is 0. The van der Waals surface area contributed by atoms with E-state index in [1.165, 1.54) is 89.9 Å². The summed E-state index contributed by atoms with van der Waals surface area (Å²) in [5.41, 5.74) is 3.29. The topological polar surface area (TPSA) is 231 Å². The Labute approximate surface area is 408 Å². The summed E-state index contributed by atoms with van der Waals surface area (Å²) in [6.07, 6.45) is 23.9. The second kappa shape index (κ2) is 40.1. The van der Waals surface area contributed by atoms with Gasteiger partial charge in [-0.25, -0.2) is 0 Å². The van der Waals surface area contributed by atoms with E-state index >= 15 is 0 Å². The Kier molecular flexibility index (Phi) is 36.4. The highest BCUT2D eigenvalue weighted by Crippen LogP contribution is 2.26. The van der Waals surface area contributed by atoms with Crippen LogP contribution in [0, 0.1) is 0 Å². The Balaban J connectivity index is 1.84. The third kappa shape index (κ3) is 27.8. The first kappa shape index (κ1) is 61.6. The summed E-state index contributed by atoms with van der Waals surface area (Å²) in [5, 5.41) is 72.1. The Bertz CT molecular complexity index is 1380. The molecule has 0 radical (unpaired) electrons. The van der Waals surface area contributed by atoms with Crippen LogP contribution in [0.5, 0.6) is 0 Å². The summed E-state index contributed by atoms with van der Waals surface area (Å²) >= 11 is 0. The number of esters is 2. The van der Waals surface area contributed by atoms with Gasteiger partial charge in [0.1, 0.15) is 55.4 Å². The zero-order chi connectivity index (χ0) is 49.6. The molecule has 11 atom stereocenters. The zero-order valence-electron chi connectivity index (χ0n) is 41.6. The van der Waals surface area contributed by atoms with E-state index < -0.39 is 99.3 Å². The summed E-state index contributed by atoms with van der Waals surface area (Å²) in [4.78, 5) is 25.7.